The van der Waals surface area contributed by atoms with Gasteiger partial charge in [-0.3, -0.25) is 0 Å². The van der Waals surface area contributed by atoms with Crippen LogP contribution in [-0.2, 0) is 19.5 Å². The fourth-order valence-electron chi connectivity index (χ4n) is 4.46. The molecule has 0 spiro atoms. The zero-order valence-electron chi connectivity index (χ0n) is 17.2. The van der Waals surface area contributed by atoms with Crippen molar-refractivity contribution < 1.29 is 21.5 Å². The van der Waals surface area contributed by atoms with Gasteiger partial charge >= 0.3 is 0 Å². The molecule has 152 valence electrons. The van der Waals surface area contributed by atoms with Gasteiger partial charge in [0, 0.05) is 12.0 Å². The van der Waals surface area contributed by atoms with E-state index in [1.165, 1.54) is 53.0 Å². The molecular formula is C27H27BrN2. The van der Waals surface area contributed by atoms with Crippen molar-refractivity contribution in [3.8, 4) is 22.4 Å². The fraction of sp³-hybridized carbons (Fsp3) is 0.222. The summed E-state index contributed by atoms with van der Waals surface area (Å²) in [6.07, 6.45) is 7.40. The van der Waals surface area contributed by atoms with Gasteiger partial charge in [0.05, 0.1) is 6.54 Å². The van der Waals surface area contributed by atoms with E-state index < -0.39 is 0 Å². The largest absolute Gasteiger partial charge is 1.00 e. The lowest BCUT2D eigenvalue weighted by Crippen LogP contribution is -3.00. The topological polar surface area (TPSA) is 8.81 Å². The SMILES string of the molecule is [Br-].c1ccc(C[n+]2cc(-c3ccc(-c4ccccc4)cc3)n3c2CCCCC3)cc1. The van der Waals surface area contributed by atoms with Crippen LogP contribution in [-0.4, -0.2) is 4.57 Å². The molecule has 1 aromatic heterocycles. The van der Waals surface area contributed by atoms with E-state index in [2.05, 4.69) is 100 Å². The highest BCUT2D eigenvalue weighted by Crippen LogP contribution is 2.27. The van der Waals surface area contributed by atoms with Crippen molar-refractivity contribution in [2.45, 2.75) is 38.8 Å². The van der Waals surface area contributed by atoms with Crippen LogP contribution in [0.15, 0.2) is 91.1 Å². The van der Waals surface area contributed by atoms with Crippen LogP contribution in [0.25, 0.3) is 22.4 Å². The predicted octanol–water partition coefficient (Wildman–Crippen LogP) is 2.89. The Kier molecular flexibility index (Phi) is 6.49. The van der Waals surface area contributed by atoms with E-state index in [0.717, 1.165) is 19.5 Å². The van der Waals surface area contributed by atoms with E-state index >= 15 is 0 Å². The highest BCUT2D eigenvalue weighted by atomic mass is 79.9. The molecule has 0 bridgehead atoms. The second kappa shape index (κ2) is 9.44. The van der Waals surface area contributed by atoms with Crippen molar-refractivity contribution >= 4 is 0 Å². The summed E-state index contributed by atoms with van der Waals surface area (Å²) in [7, 11) is 0. The zero-order valence-corrected chi connectivity index (χ0v) is 18.8. The van der Waals surface area contributed by atoms with Crippen LogP contribution in [0.1, 0.15) is 30.7 Å². The standard InChI is InChI=1S/C27H27N2.BrH/c1-4-10-22(11-5-1)20-28-21-26(29-19-9-3-8-14-27(28)29)25-17-15-24(16-18-25)23-12-6-2-7-13-23;/h1-2,4-7,10-13,15-18,21H,3,8-9,14,19-20H2;1H/q+1;/p-1. The maximum Gasteiger partial charge on any atom is 0.257 e. The summed E-state index contributed by atoms with van der Waals surface area (Å²) >= 11 is 0. The molecule has 0 atom stereocenters. The summed E-state index contributed by atoms with van der Waals surface area (Å²) in [6, 6.07) is 30.5. The normalized spacial score (nSPS) is 13.2. The van der Waals surface area contributed by atoms with Gasteiger partial charge < -0.3 is 17.0 Å². The molecule has 0 aliphatic carbocycles. The number of fused-ring (bicyclic) bond motifs is 1. The van der Waals surface area contributed by atoms with Crippen molar-refractivity contribution in [1.82, 2.24) is 4.57 Å². The van der Waals surface area contributed by atoms with Crippen molar-refractivity contribution in [3.63, 3.8) is 0 Å². The monoisotopic (exact) mass is 458 g/mol. The van der Waals surface area contributed by atoms with Crippen LogP contribution in [0.4, 0.5) is 0 Å². The third kappa shape index (κ3) is 4.27. The number of halogens is 1. The Morgan fingerprint density at radius 3 is 2.03 bits per heavy atom. The third-order valence-electron chi connectivity index (χ3n) is 5.98. The average molecular weight is 459 g/mol. The molecule has 1 aliphatic rings. The molecule has 1 aliphatic heterocycles. The molecule has 0 saturated heterocycles. The molecule has 0 fully saturated rings. The third-order valence-corrected chi connectivity index (χ3v) is 5.98. The van der Waals surface area contributed by atoms with Crippen LogP contribution in [0.5, 0.6) is 0 Å². The number of hydrogen-bond acceptors (Lipinski definition) is 0. The molecule has 0 amide bonds. The van der Waals surface area contributed by atoms with Crippen LogP contribution in [0.2, 0.25) is 0 Å². The Hall–Kier alpha value is -2.65. The Morgan fingerprint density at radius 2 is 1.30 bits per heavy atom. The van der Waals surface area contributed by atoms with Crippen LogP contribution in [0.3, 0.4) is 0 Å². The highest BCUT2D eigenvalue weighted by Gasteiger charge is 2.25. The van der Waals surface area contributed by atoms with Crippen LogP contribution < -0.4 is 21.5 Å². The summed E-state index contributed by atoms with van der Waals surface area (Å²) in [5, 5.41) is 0. The summed E-state index contributed by atoms with van der Waals surface area (Å²) in [5.74, 6) is 1.47. The number of rotatable bonds is 4. The first-order chi connectivity index (χ1) is 14.4. The highest BCUT2D eigenvalue weighted by molar-refractivity contribution is 5.68. The lowest BCUT2D eigenvalue weighted by Gasteiger charge is -2.05. The second-order valence-corrected chi connectivity index (χ2v) is 7.95. The van der Waals surface area contributed by atoms with Gasteiger partial charge in [0.25, 0.3) is 5.82 Å². The zero-order chi connectivity index (χ0) is 19.5. The maximum atomic E-state index is 2.56. The quantitative estimate of drug-likeness (QED) is 0.415. The molecule has 0 radical (unpaired) electrons. The van der Waals surface area contributed by atoms with E-state index in [0.29, 0.717) is 0 Å². The number of hydrogen-bond donors (Lipinski definition) is 0. The van der Waals surface area contributed by atoms with Gasteiger partial charge in [0.15, 0.2) is 5.69 Å². The molecule has 3 heteroatoms. The van der Waals surface area contributed by atoms with Gasteiger partial charge in [-0.25, -0.2) is 9.13 Å². The minimum absolute atomic E-state index is 0. The lowest BCUT2D eigenvalue weighted by atomic mass is 10.0. The predicted molar refractivity (Wildman–Crippen MR) is 119 cm³/mol. The fourth-order valence-corrected chi connectivity index (χ4v) is 4.46. The molecule has 0 unspecified atom stereocenters. The van der Waals surface area contributed by atoms with Crippen molar-refractivity contribution in [3.05, 3.63) is 103 Å². The first-order valence-corrected chi connectivity index (χ1v) is 10.7. The number of imidazole rings is 1. The lowest BCUT2D eigenvalue weighted by molar-refractivity contribution is -0.695. The van der Waals surface area contributed by atoms with Gasteiger partial charge in [-0.15, -0.1) is 0 Å². The molecule has 0 saturated carbocycles. The molecule has 4 aromatic rings. The summed E-state index contributed by atoms with van der Waals surface area (Å²) in [5.41, 5.74) is 6.56. The Morgan fingerprint density at radius 1 is 0.667 bits per heavy atom. The van der Waals surface area contributed by atoms with E-state index in [-0.39, 0.29) is 17.0 Å². The molecule has 5 rings (SSSR count). The molecule has 3 aromatic carbocycles. The van der Waals surface area contributed by atoms with Gasteiger partial charge in [-0.1, -0.05) is 72.8 Å². The van der Waals surface area contributed by atoms with Crippen molar-refractivity contribution in [1.29, 1.82) is 0 Å². The Balaban J connectivity index is 0.00000218. The summed E-state index contributed by atoms with van der Waals surface area (Å²) < 4.78 is 5.04. The summed E-state index contributed by atoms with van der Waals surface area (Å²) in [6.45, 7) is 2.06. The number of benzene rings is 3. The first-order valence-electron chi connectivity index (χ1n) is 10.7. The van der Waals surface area contributed by atoms with Crippen molar-refractivity contribution in [2.75, 3.05) is 0 Å². The van der Waals surface area contributed by atoms with Gasteiger partial charge in [0.1, 0.15) is 12.7 Å². The molecular weight excluding hydrogens is 432 g/mol. The van der Waals surface area contributed by atoms with E-state index in [1.807, 2.05) is 0 Å². The number of nitrogens with zero attached hydrogens (tertiary/aromatic N) is 2. The molecule has 30 heavy (non-hydrogen) atoms. The number of aromatic nitrogens is 2. The van der Waals surface area contributed by atoms with Gasteiger partial charge in [0.2, 0.25) is 0 Å². The minimum Gasteiger partial charge on any atom is -1.00 e. The van der Waals surface area contributed by atoms with Crippen LogP contribution in [0, 0.1) is 0 Å². The maximum absolute atomic E-state index is 2.56. The van der Waals surface area contributed by atoms with Crippen molar-refractivity contribution in [2.24, 2.45) is 0 Å². The van der Waals surface area contributed by atoms with E-state index in [4.69, 9.17) is 0 Å². The molecule has 0 N–H and O–H groups in total. The second-order valence-electron chi connectivity index (χ2n) is 7.95. The van der Waals surface area contributed by atoms with E-state index in [9.17, 15) is 0 Å². The smallest absolute Gasteiger partial charge is 0.257 e. The average Bonchev–Trinajstić information content (AvgIpc) is 2.95. The summed E-state index contributed by atoms with van der Waals surface area (Å²) in [4.78, 5) is 0. The molecule has 2 nitrogen and oxygen atoms in total. The van der Waals surface area contributed by atoms with Gasteiger partial charge in [-0.2, -0.15) is 0 Å². The Labute approximate surface area is 189 Å². The van der Waals surface area contributed by atoms with Crippen LogP contribution >= 0.6 is 0 Å². The minimum atomic E-state index is 0. The van der Waals surface area contributed by atoms with E-state index in [1.54, 1.807) is 0 Å². The Bertz CT molecular complexity index is 1080. The molecule has 2 heterocycles. The van der Waals surface area contributed by atoms with Gasteiger partial charge in [-0.05, 0) is 48.1 Å². The first kappa shape index (κ1) is 20.6.